The van der Waals surface area contributed by atoms with Gasteiger partial charge in [0, 0.05) is 44.3 Å². The van der Waals surface area contributed by atoms with Gasteiger partial charge in [0.05, 0.1) is 13.2 Å². The summed E-state index contributed by atoms with van der Waals surface area (Å²) in [7, 11) is 4.04. The highest BCUT2D eigenvalue weighted by Gasteiger charge is 2.27. The lowest BCUT2D eigenvalue weighted by atomic mass is 9.96. The number of likely N-dealkylation sites (N-methyl/N-ethyl adjacent to an activating group) is 1. The van der Waals surface area contributed by atoms with Crippen molar-refractivity contribution in [3.05, 3.63) is 24.3 Å². The summed E-state index contributed by atoms with van der Waals surface area (Å²) in [4.78, 5) is 43.7. The van der Waals surface area contributed by atoms with Crippen LogP contribution in [0.3, 0.4) is 0 Å². The molecule has 0 spiro atoms. The summed E-state index contributed by atoms with van der Waals surface area (Å²) in [5, 5.41) is 0. The Labute approximate surface area is 373 Å². The van der Waals surface area contributed by atoms with Crippen molar-refractivity contribution in [1.29, 1.82) is 0 Å². The number of ether oxygens (including phenoxy) is 2. The van der Waals surface area contributed by atoms with Crippen LogP contribution in [0, 0.1) is 11.8 Å². The van der Waals surface area contributed by atoms with Crippen molar-refractivity contribution < 1.29 is 23.9 Å². The van der Waals surface area contributed by atoms with Gasteiger partial charge in [0.2, 0.25) is 5.91 Å². The van der Waals surface area contributed by atoms with Crippen LogP contribution in [0.5, 0.6) is 0 Å². The summed E-state index contributed by atoms with van der Waals surface area (Å²) in [6.07, 6.45) is 46.9. The summed E-state index contributed by atoms with van der Waals surface area (Å²) in [6.45, 7) is 10.9. The number of hydrogen-bond acceptors (Lipinski definition) is 6. The van der Waals surface area contributed by atoms with Gasteiger partial charge in [0.1, 0.15) is 0 Å². The first-order valence-corrected chi connectivity index (χ1v) is 25.8. The lowest BCUT2D eigenvalue weighted by molar-refractivity contribution is -0.150. The Morgan fingerprint density at radius 3 is 1.22 bits per heavy atom. The van der Waals surface area contributed by atoms with E-state index in [-0.39, 0.29) is 42.9 Å². The minimum atomic E-state index is -0.264. The van der Waals surface area contributed by atoms with Crippen LogP contribution in [0.1, 0.15) is 240 Å². The van der Waals surface area contributed by atoms with E-state index in [1.807, 2.05) is 19.0 Å². The lowest BCUT2D eigenvalue weighted by Gasteiger charge is -2.31. The molecule has 0 aromatic carbocycles. The maximum Gasteiger partial charge on any atom is 0.305 e. The van der Waals surface area contributed by atoms with Gasteiger partial charge in [-0.2, -0.15) is 0 Å². The van der Waals surface area contributed by atoms with Gasteiger partial charge >= 0.3 is 11.9 Å². The Kier molecular flexibility index (Phi) is 43.3. The summed E-state index contributed by atoms with van der Waals surface area (Å²) < 4.78 is 11.7. The monoisotopic (exact) mass is 845 g/mol. The van der Waals surface area contributed by atoms with E-state index < -0.39 is 0 Å². The van der Waals surface area contributed by atoms with E-state index in [1.54, 1.807) is 0 Å². The predicted octanol–water partition coefficient (Wildman–Crippen LogP) is 14.8. The van der Waals surface area contributed by atoms with Crippen LogP contribution in [-0.4, -0.2) is 74.6 Å². The third-order valence-corrected chi connectivity index (χ3v) is 11.9. The SMILES string of the molecule is CCCCCCCC/C=C\CCCCCCCC(=O)OCC(COC(=O)CCCCCCC/C=C\CCCCCCCC)CN(CCN(C)C)C(=O)C(CC)CCCCC. The molecule has 0 aliphatic heterocycles. The number of carbonyl (C=O) groups is 3. The van der Waals surface area contributed by atoms with Gasteiger partial charge in [-0.3, -0.25) is 14.4 Å². The molecule has 0 aliphatic rings. The average Bonchev–Trinajstić information content (AvgIpc) is 3.24. The van der Waals surface area contributed by atoms with Crippen LogP contribution in [0.4, 0.5) is 0 Å². The molecule has 352 valence electrons. The number of esters is 2. The first-order valence-electron chi connectivity index (χ1n) is 25.8. The Morgan fingerprint density at radius 2 is 0.833 bits per heavy atom. The molecule has 0 aliphatic carbocycles. The Bertz CT molecular complexity index is 971. The molecule has 0 saturated heterocycles. The number of carbonyl (C=O) groups excluding carboxylic acids is 3. The van der Waals surface area contributed by atoms with Crippen molar-refractivity contribution in [2.24, 2.45) is 11.8 Å². The van der Waals surface area contributed by atoms with E-state index in [0.29, 0.717) is 25.9 Å². The van der Waals surface area contributed by atoms with Gasteiger partial charge in [-0.05, 0) is 91.1 Å². The fourth-order valence-corrected chi connectivity index (χ4v) is 7.72. The van der Waals surface area contributed by atoms with Gasteiger partial charge in [0.25, 0.3) is 0 Å². The van der Waals surface area contributed by atoms with Crippen molar-refractivity contribution in [3.63, 3.8) is 0 Å². The van der Waals surface area contributed by atoms with Crippen molar-refractivity contribution in [2.75, 3.05) is 46.9 Å². The highest BCUT2D eigenvalue weighted by molar-refractivity contribution is 5.78. The van der Waals surface area contributed by atoms with Crippen molar-refractivity contribution in [2.45, 2.75) is 240 Å². The molecule has 0 aromatic rings. The first kappa shape index (κ1) is 57.9. The maximum atomic E-state index is 13.9. The zero-order chi connectivity index (χ0) is 44.2. The van der Waals surface area contributed by atoms with Gasteiger partial charge < -0.3 is 19.3 Å². The summed E-state index contributed by atoms with van der Waals surface area (Å²) in [5.41, 5.74) is 0. The Hall–Kier alpha value is -2.15. The highest BCUT2D eigenvalue weighted by atomic mass is 16.5. The van der Waals surface area contributed by atoms with E-state index in [4.69, 9.17) is 9.47 Å². The zero-order valence-electron chi connectivity index (χ0n) is 40.8. The number of hydrogen-bond donors (Lipinski definition) is 0. The van der Waals surface area contributed by atoms with Crippen molar-refractivity contribution in [3.8, 4) is 0 Å². The molecule has 0 radical (unpaired) electrons. The third-order valence-electron chi connectivity index (χ3n) is 11.9. The molecule has 0 heterocycles. The normalized spacial score (nSPS) is 12.3. The summed E-state index contributed by atoms with van der Waals surface area (Å²) in [6, 6.07) is 0. The number of amides is 1. The molecule has 7 nitrogen and oxygen atoms in total. The molecule has 0 bridgehead atoms. The molecule has 0 saturated carbocycles. The molecule has 7 heteroatoms. The van der Waals surface area contributed by atoms with Gasteiger partial charge in [-0.25, -0.2) is 0 Å². The molecule has 60 heavy (non-hydrogen) atoms. The molecular formula is C53H100N2O5. The molecule has 0 N–H and O–H groups in total. The smallest absolute Gasteiger partial charge is 0.305 e. The van der Waals surface area contributed by atoms with E-state index in [9.17, 15) is 14.4 Å². The fourth-order valence-electron chi connectivity index (χ4n) is 7.72. The largest absolute Gasteiger partial charge is 0.465 e. The van der Waals surface area contributed by atoms with Crippen LogP contribution in [0.25, 0.3) is 0 Å². The average molecular weight is 845 g/mol. The fraction of sp³-hybridized carbons (Fsp3) is 0.868. The molecule has 1 amide bonds. The van der Waals surface area contributed by atoms with Crippen LogP contribution in [0.15, 0.2) is 24.3 Å². The molecule has 0 aromatic heterocycles. The molecule has 1 unspecified atom stereocenters. The van der Waals surface area contributed by atoms with E-state index >= 15 is 0 Å². The molecular weight excluding hydrogens is 745 g/mol. The van der Waals surface area contributed by atoms with Crippen LogP contribution >= 0.6 is 0 Å². The Morgan fingerprint density at radius 1 is 0.467 bits per heavy atom. The van der Waals surface area contributed by atoms with Crippen molar-refractivity contribution >= 4 is 17.8 Å². The number of allylic oxidation sites excluding steroid dienone is 4. The zero-order valence-corrected chi connectivity index (χ0v) is 40.8. The van der Waals surface area contributed by atoms with Crippen LogP contribution < -0.4 is 0 Å². The number of unbranched alkanes of at least 4 members (excludes halogenated alkanes) is 24. The van der Waals surface area contributed by atoms with Crippen molar-refractivity contribution in [1.82, 2.24) is 9.80 Å². The topological polar surface area (TPSA) is 76.2 Å². The molecule has 1 atom stereocenters. The lowest BCUT2D eigenvalue weighted by Crippen LogP contribution is -2.44. The molecule has 0 rings (SSSR count). The van der Waals surface area contributed by atoms with Crippen LogP contribution in [-0.2, 0) is 23.9 Å². The standard InChI is InChI=1S/C53H100N2O5/c1-7-11-14-16-18-20-22-24-26-28-30-32-34-36-39-42-51(56)59-47-49(46-55(45-44-54(5)6)53(58)50(10-4)41-38-13-9-3)48-60-52(57)43-40-37-35-33-31-29-27-25-23-21-19-17-15-12-8-2/h24-27,49-50H,7-23,28-48H2,1-6H3/b26-24-,27-25-. The quantitative estimate of drug-likeness (QED) is 0.0345. The minimum Gasteiger partial charge on any atom is -0.465 e. The highest BCUT2D eigenvalue weighted by Crippen LogP contribution is 2.19. The van der Waals surface area contributed by atoms with E-state index in [0.717, 1.165) is 90.0 Å². The first-order chi connectivity index (χ1) is 29.3. The second-order valence-corrected chi connectivity index (χ2v) is 18.1. The number of rotatable bonds is 45. The van der Waals surface area contributed by atoms with Gasteiger partial charge in [-0.15, -0.1) is 0 Å². The Balaban J connectivity index is 4.85. The van der Waals surface area contributed by atoms with E-state index in [2.05, 4.69) is 56.9 Å². The predicted molar refractivity (Wildman–Crippen MR) is 257 cm³/mol. The molecule has 0 fully saturated rings. The second kappa shape index (κ2) is 44.9. The summed E-state index contributed by atoms with van der Waals surface area (Å²) >= 11 is 0. The second-order valence-electron chi connectivity index (χ2n) is 18.1. The maximum absolute atomic E-state index is 13.9. The third kappa shape index (κ3) is 38.7. The summed E-state index contributed by atoms with van der Waals surface area (Å²) in [5.74, 6) is -0.518. The van der Waals surface area contributed by atoms with Gasteiger partial charge in [-0.1, -0.05) is 174 Å². The minimum absolute atomic E-state index is 0.0216. The number of nitrogens with zero attached hydrogens (tertiary/aromatic N) is 2. The van der Waals surface area contributed by atoms with Crippen LogP contribution in [0.2, 0.25) is 0 Å². The van der Waals surface area contributed by atoms with Gasteiger partial charge in [0.15, 0.2) is 0 Å². The van der Waals surface area contributed by atoms with E-state index in [1.165, 1.54) is 116 Å².